The first-order valence-electron chi connectivity index (χ1n) is 7.43. The van der Waals surface area contributed by atoms with Crippen LogP contribution >= 0.6 is 0 Å². The molecule has 0 saturated carbocycles. The Balaban J connectivity index is 4.77. The van der Waals surface area contributed by atoms with Gasteiger partial charge in [0.1, 0.15) is 0 Å². The number of nitriles is 1. The molecule has 0 heterocycles. The number of amides is 2. The Morgan fingerprint density at radius 1 is 1.19 bits per heavy atom. The molecule has 0 bridgehead atoms. The lowest BCUT2D eigenvalue weighted by atomic mass is 10.2. The lowest BCUT2D eigenvalue weighted by molar-refractivity contribution is -0.137. The summed E-state index contributed by atoms with van der Waals surface area (Å²) in [5, 5.41) is 17.4. The van der Waals surface area contributed by atoms with Crippen molar-refractivity contribution in [3.05, 3.63) is 0 Å². The average Bonchev–Trinajstić information content (AvgIpc) is 2.37. The number of carbonyl (C=O) groups is 2. The molecule has 120 valence electrons. The lowest BCUT2D eigenvalue weighted by Gasteiger charge is -2.34. The van der Waals surface area contributed by atoms with Crippen molar-refractivity contribution in [3.8, 4) is 6.07 Å². The number of rotatable bonds is 9. The van der Waals surface area contributed by atoms with Crippen LogP contribution in [0.25, 0.3) is 0 Å². The summed E-state index contributed by atoms with van der Waals surface area (Å²) in [6.07, 6.45) is 0.797. The third-order valence-corrected chi connectivity index (χ3v) is 3.01. The van der Waals surface area contributed by atoms with E-state index >= 15 is 0 Å². The molecule has 6 nitrogen and oxygen atoms in total. The number of hydrogen-bond donors (Lipinski definition) is 1. The van der Waals surface area contributed by atoms with Crippen LogP contribution in [0, 0.1) is 17.2 Å². The number of carbonyl (C=O) groups excluding carboxylic acids is 1. The summed E-state index contributed by atoms with van der Waals surface area (Å²) in [6.45, 7) is 9.31. The zero-order chi connectivity index (χ0) is 16.4. The normalized spacial score (nSPS) is 10.5. The summed E-state index contributed by atoms with van der Waals surface area (Å²) in [7, 11) is 0. The topological polar surface area (TPSA) is 84.6 Å². The average molecular weight is 297 g/mol. The van der Waals surface area contributed by atoms with Crippen molar-refractivity contribution in [3.63, 3.8) is 0 Å². The van der Waals surface area contributed by atoms with Crippen molar-refractivity contribution in [2.24, 2.45) is 5.92 Å². The van der Waals surface area contributed by atoms with E-state index in [-0.39, 0.29) is 18.5 Å². The minimum atomic E-state index is -0.852. The van der Waals surface area contributed by atoms with Crippen molar-refractivity contribution in [1.82, 2.24) is 9.80 Å². The van der Waals surface area contributed by atoms with E-state index in [1.807, 2.05) is 27.7 Å². The van der Waals surface area contributed by atoms with Gasteiger partial charge in [-0.15, -0.1) is 0 Å². The molecule has 0 aliphatic carbocycles. The van der Waals surface area contributed by atoms with E-state index in [0.717, 1.165) is 0 Å². The third-order valence-electron chi connectivity index (χ3n) is 3.01. The maximum Gasteiger partial charge on any atom is 0.320 e. The van der Waals surface area contributed by atoms with Gasteiger partial charge in [0.15, 0.2) is 0 Å². The lowest BCUT2D eigenvalue weighted by Crippen LogP contribution is -2.48. The fourth-order valence-electron chi connectivity index (χ4n) is 2.05. The van der Waals surface area contributed by atoms with Crippen molar-refractivity contribution in [2.75, 3.05) is 19.6 Å². The molecule has 2 amide bonds. The molecule has 0 unspecified atom stereocenters. The minimum absolute atomic E-state index is 0.00282. The molecular formula is C15H27N3O3. The molecule has 0 spiro atoms. The number of aliphatic carboxylic acids is 1. The molecule has 0 aromatic heterocycles. The monoisotopic (exact) mass is 297 g/mol. The Morgan fingerprint density at radius 2 is 1.81 bits per heavy atom. The standard InChI is InChI=1S/C15H27N3O3/c1-12(2)11-17(9-6-8-16)15(21)18(13(3)4)10-5-7-14(19)20/h12-13H,5-7,9-11H2,1-4H3,(H,19,20). The first-order valence-corrected chi connectivity index (χ1v) is 7.43. The van der Waals surface area contributed by atoms with E-state index in [9.17, 15) is 9.59 Å². The van der Waals surface area contributed by atoms with E-state index in [2.05, 4.69) is 6.07 Å². The summed E-state index contributed by atoms with van der Waals surface area (Å²) < 4.78 is 0. The minimum Gasteiger partial charge on any atom is -0.481 e. The smallest absolute Gasteiger partial charge is 0.320 e. The summed E-state index contributed by atoms with van der Waals surface area (Å²) in [6, 6.07) is 1.95. The van der Waals surface area contributed by atoms with Crippen LogP contribution in [0.4, 0.5) is 4.79 Å². The van der Waals surface area contributed by atoms with Crippen LogP contribution in [0.1, 0.15) is 47.0 Å². The number of carboxylic acids is 1. The van der Waals surface area contributed by atoms with E-state index < -0.39 is 5.97 Å². The fraction of sp³-hybridized carbons (Fsp3) is 0.800. The second-order valence-corrected chi connectivity index (χ2v) is 5.81. The van der Waals surface area contributed by atoms with Gasteiger partial charge in [0.05, 0.1) is 12.5 Å². The fourth-order valence-corrected chi connectivity index (χ4v) is 2.05. The van der Waals surface area contributed by atoms with E-state index in [4.69, 9.17) is 10.4 Å². The molecule has 21 heavy (non-hydrogen) atoms. The maximum atomic E-state index is 12.6. The molecule has 6 heteroatoms. The van der Waals surface area contributed by atoms with E-state index in [0.29, 0.717) is 38.4 Å². The van der Waals surface area contributed by atoms with Crippen LogP contribution in [-0.4, -0.2) is 52.6 Å². The highest BCUT2D eigenvalue weighted by molar-refractivity contribution is 5.75. The number of hydrogen-bond acceptors (Lipinski definition) is 3. The molecule has 0 fully saturated rings. The zero-order valence-electron chi connectivity index (χ0n) is 13.5. The van der Waals surface area contributed by atoms with Crippen molar-refractivity contribution in [2.45, 2.75) is 53.0 Å². The number of carboxylic acid groups (broad SMARTS) is 1. The van der Waals surface area contributed by atoms with Gasteiger partial charge in [0.2, 0.25) is 0 Å². The molecule has 1 N–H and O–H groups in total. The van der Waals surface area contributed by atoms with Crippen molar-refractivity contribution < 1.29 is 14.7 Å². The first kappa shape index (κ1) is 19.2. The molecule has 0 rings (SSSR count). The molecule has 0 aliphatic rings. The molecule has 0 aromatic carbocycles. The highest BCUT2D eigenvalue weighted by atomic mass is 16.4. The van der Waals surface area contributed by atoms with Gasteiger partial charge in [0.25, 0.3) is 0 Å². The highest BCUT2D eigenvalue weighted by Crippen LogP contribution is 2.10. The summed E-state index contributed by atoms with van der Waals surface area (Å²) in [5.41, 5.74) is 0. The van der Waals surface area contributed by atoms with Crippen LogP contribution in [0.2, 0.25) is 0 Å². The van der Waals surface area contributed by atoms with Gasteiger partial charge in [0, 0.05) is 32.1 Å². The Bertz CT molecular complexity index is 375. The highest BCUT2D eigenvalue weighted by Gasteiger charge is 2.23. The van der Waals surface area contributed by atoms with Gasteiger partial charge in [-0.05, 0) is 26.2 Å². The second-order valence-electron chi connectivity index (χ2n) is 5.81. The number of urea groups is 1. The molecule has 0 saturated heterocycles. The van der Waals surface area contributed by atoms with Gasteiger partial charge in [-0.2, -0.15) is 5.26 Å². The van der Waals surface area contributed by atoms with Gasteiger partial charge < -0.3 is 14.9 Å². The van der Waals surface area contributed by atoms with Crippen LogP contribution in [0.5, 0.6) is 0 Å². The quantitative estimate of drug-likeness (QED) is 0.708. The Kier molecular flexibility index (Phi) is 9.18. The summed E-state index contributed by atoms with van der Waals surface area (Å²) in [5.74, 6) is -0.532. The Hall–Kier alpha value is -1.77. The predicted octanol–water partition coefficient (Wildman–Crippen LogP) is 2.55. The van der Waals surface area contributed by atoms with Crippen LogP contribution in [0.3, 0.4) is 0 Å². The van der Waals surface area contributed by atoms with Crippen molar-refractivity contribution in [1.29, 1.82) is 5.26 Å². The van der Waals surface area contributed by atoms with Crippen LogP contribution < -0.4 is 0 Å². The molecule has 0 aliphatic heterocycles. The maximum absolute atomic E-state index is 12.6. The van der Waals surface area contributed by atoms with Crippen molar-refractivity contribution >= 4 is 12.0 Å². The van der Waals surface area contributed by atoms with E-state index in [1.54, 1.807) is 9.80 Å². The van der Waals surface area contributed by atoms with Crippen LogP contribution in [-0.2, 0) is 4.79 Å². The molecule has 0 aromatic rings. The summed E-state index contributed by atoms with van der Waals surface area (Å²) in [4.78, 5) is 26.6. The predicted molar refractivity (Wildman–Crippen MR) is 80.7 cm³/mol. The van der Waals surface area contributed by atoms with Gasteiger partial charge in [-0.25, -0.2) is 4.79 Å². The van der Waals surface area contributed by atoms with Gasteiger partial charge in [-0.1, -0.05) is 13.8 Å². The Labute approximate surface area is 127 Å². The third kappa shape index (κ3) is 8.18. The molecule has 0 atom stereocenters. The van der Waals surface area contributed by atoms with Crippen LogP contribution in [0.15, 0.2) is 0 Å². The molecular weight excluding hydrogens is 270 g/mol. The zero-order valence-corrected chi connectivity index (χ0v) is 13.5. The first-order chi connectivity index (χ1) is 9.79. The second kappa shape index (κ2) is 10.0. The van der Waals surface area contributed by atoms with E-state index in [1.165, 1.54) is 0 Å². The number of nitrogens with zero attached hydrogens (tertiary/aromatic N) is 3. The Morgan fingerprint density at radius 3 is 2.24 bits per heavy atom. The van der Waals surface area contributed by atoms with Gasteiger partial charge in [-0.3, -0.25) is 4.79 Å². The summed E-state index contributed by atoms with van der Waals surface area (Å²) >= 11 is 0. The largest absolute Gasteiger partial charge is 0.481 e. The van der Waals surface area contributed by atoms with Gasteiger partial charge >= 0.3 is 12.0 Å². The molecule has 0 radical (unpaired) electrons. The SMILES string of the molecule is CC(C)CN(CCC#N)C(=O)N(CCCC(=O)O)C(C)C.